The highest BCUT2D eigenvalue weighted by Crippen LogP contribution is 2.30. The van der Waals surface area contributed by atoms with Crippen molar-refractivity contribution in [3.8, 4) is 11.8 Å². The first kappa shape index (κ1) is 14.0. The number of aromatic nitrogens is 1. The summed E-state index contributed by atoms with van der Waals surface area (Å²) in [5.41, 5.74) is -0.384. The number of nitriles is 1. The fourth-order valence-corrected chi connectivity index (χ4v) is 1.72. The number of pyridine rings is 1. The SMILES string of the molecule is N#CCc1nc(I)cc(OC(F)(F)F)c1CF. The van der Waals surface area contributed by atoms with Crippen LogP contribution in [0.2, 0.25) is 0 Å². The molecule has 0 amide bonds. The average Bonchev–Trinajstić information content (AvgIpc) is 2.15. The minimum atomic E-state index is -4.90. The Morgan fingerprint density at radius 2 is 2.12 bits per heavy atom. The fourth-order valence-electron chi connectivity index (χ4n) is 1.15. The highest BCUT2D eigenvalue weighted by Gasteiger charge is 2.33. The largest absolute Gasteiger partial charge is 0.573 e. The van der Waals surface area contributed by atoms with Crippen LogP contribution >= 0.6 is 22.6 Å². The maximum atomic E-state index is 12.7. The van der Waals surface area contributed by atoms with E-state index in [1.54, 1.807) is 28.7 Å². The molecule has 0 saturated carbocycles. The van der Waals surface area contributed by atoms with E-state index in [0.717, 1.165) is 6.07 Å². The third kappa shape index (κ3) is 3.99. The third-order valence-electron chi connectivity index (χ3n) is 1.74. The Morgan fingerprint density at radius 3 is 2.59 bits per heavy atom. The standard InChI is InChI=1S/C9H5F4IN2O/c10-4-5-6(1-2-15)16-8(14)3-7(5)17-9(11,12)13/h3H,1,4H2. The van der Waals surface area contributed by atoms with Gasteiger partial charge in [0.1, 0.15) is 16.1 Å². The smallest absolute Gasteiger partial charge is 0.405 e. The van der Waals surface area contributed by atoms with Crippen molar-refractivity contribution < 1.29 is 22.3 Å². The summed E-state index contributed by atoms with van der Waals surface area (Å²) in [6.07, 6.45) is -5.18. The molecule has 0 spiro atoms. The van der Waals surface area contributed by atoms with Gasteiger partial charge in [0.2, 0.25) is 0 Å². The molecule has 17 heavy (non-hydrogen) atoms. The Bertz CT molecular complexity index is 456. The molecule has 1 aromatic heterocycles. The van der Waals surface area contributed by atoms with Crippen molar-refractivity contribution in [2.75, 3.05) is 0 Å². The Labute approximate surface area is 108 Å². The zero-order valence-corrected chi connectivity index (χ0v) is 10.3. The molecular formula is C9H5F4IN2O. The van der Waals surface area contributed by atoms with Gasteiger partial charge in [0.25, 0.3) is 0 Å². The molecule has 0 aliphatic carbocycles. The van der Waals surface area contributed by atoms with Crippen LogP contribution in [0.25, 0.3) is 0 Å². The van der Waals surface area contributed by atoms with E-state index in [1.807, 2.05) is 0 Å². The molecule has 0 aromatic carbocycles. The zero-order chi connectivity index (χ0) is 13.1. The van der Waals surface area contributed by atoms with Gasteiger partial charge in [-0.15, -0.1) is 13.2 Å². The molecule has 1 rings (SSSR count). The molecule has 0 atom stereocenters. The van der Waals surface area contributed by atoms with Crippen molar-refractivity contribution >= 4 is 22.6 Å². The molecule has 0 aliphatic heterocycles. The van der Waals surface area contributed by atoms with Crippen molar-refractivity contribution in [2.45, 2.75) is 19.5 Å². The maximum Gasteiger partial charge on any atom is 0.573 e. The molecule has 92 valence electrons. The number of hydrogen-bond donors (Lipinski definition) is 0. The Kier molecular flexibility index (Phi) is 4.50. The van der Waals surface area contributed by atoms with Gasteiger partial charge in [0, 0.05) is 11.6 Å². The van der Waals surface area contributed by atoms with E-state index in [9.17, 15) is 17.6 Å². The lowest BCUT2D eigenvalue weighted by molar-refractivity contribution is -0.275. The minimum Gasteiger partial charge on any atom is -0.405 e. The molecule has 3 nitrogen and oxygen atoms in total. The predicted octanol–water partition coefficient (Wildman–Crippen LogP) is 3.12. The summed E-state index contributed by atoms with van der Waals surface area (Å²) in [4.78, 5) is 3.80. The number of alkyl halides is 4. The molecule has 0 N–H and O–H groups in total. The van der Waals surface area contributed by atoms with Crippen LogP contribution < -0.4 is 4.74 Å². The lowest BCUT2D eigenvalue weighted by atomic mass is 10.1. The topological polar surface area (TPSA) is 45.9 Å². The molecule has 0 saturated heterocycles. The summed E-state index contributed by atoms with van der Waals surface area (Å²) in [6.45, 7) is -1.17. The van der Waals surface area contributed by atoms with Crippen LogP contribution in [0.3, 0.4) is 0 Å². The minimum absolute atomic E-state index is 0.0406. The summed E-state index contributed by atoms with van der Waals surface area (Å²) in [6, 6.07) is 2.68. The van der Waals surface area contributed by atoms with Crippen LogP contribution in [-0.2, 0) is 13.1 Å². The van der Waals surface area contributed by atoms with Crippen LogP contribution in [0.1, 0.15) is 11.3 Å². The van der Waals surface area contributed by atoms with E-state index in [0.29, 0.717) is 0 Å². The number of rotatable bonds is 3. The van der Waals surface area contributed by atoms with Crippen LogP contribution in [0.5, 0.6) is 5.75 Å². The lowest BCUT2D eigenvalue weighted by Gasteiger charge is -2.13. The van der Waals surface area contributed by atoms with E-state index < -0.39 is 18.8 Å². The number of halogens is 5. The summed E-state index contributed by atoms with van der Waals surface area (Å²) >= 11 is 1.66. The highest BCUT2D eigenvalue weighted by atomic mass is 127. The van der Waals surface area contributed by atoms with Crippen LogP contribution in [0, 0.1) is 15.0 Å². The summed E-state index contributed by atoms with van der Waals surface area (Å²) in [7, 11) is 0. The third-order valence-corrected chi connectivity index (χ3v) is 2.30. The van der Waals surface area contributed by atoms with Crippen molar-refractivity contribution in [1.29, 1.82) is 5.26 Å². The van der Waals surface area contributed by atoms with Gasteiger partial charge in [-0.1, -0.05) is 0 Å². The predicted molar refractivity (Wildman–Crippen MR) is 57.8 cm³/mol. The molecule has 8 heteroatoms. The van der Waals surface area contributed by atoms with Crippen molar-refractivity contribution in [3.05, 3.63) is 21.0 Å². The molecule has 1 aromatic rings. The molecule has 1 heterocycles. The van der Waals surface area contributed by atoms with Gasteiger partial charge in [-0.2, -0.15) is 5.26 Å². The second-order valence-corrected chi connectivity index (χ2v) is 3.99. The Morgan fingerprint density at radius 1 is 1.47 bits per heavy atom. The Hall–Kier alpha value is -1.11. The van der Waals surface area contributed by atoms with E-state index in [4.69, 9.17) is 5.26 Å². The van der Waals surface area contributed by atoms with Crippen LogP contribution in [0.15, 0.2) is 6.07 Å². The van der Waals surface area contributed by atoms with Gasteiger partial charge in [-0.25, -0.2) is 9.37 Å². The molecule has 0 fully saturated rings. The van der Waals surface area contributed by atoms with Gasteiger partial charge in [0.05, 0.1) is 18.2 Å². The fraction of sp³-hybridized carbons (Fsp3) is 0.333. The van der Waals surface area contributed by atoms with Gasteiger partial charge >= 0.3 is 6.36 Å². The monoisotopic (exact) mass is 360 g/mol. The van der Waals surface area contributed by atoms with E-state index in [1.165, 1.54) is 0 Å². The molecular weight excluding hydrogens is 355 g/mol. The van der Waals surface area contributed by atoms with E-state index >= 15 is 0 Å². The maximum absolute atomic E-state index is 12.7. The second kappa shape index (κ2) is 5.48. The van der Waals surface area contributed by atoms with Gasteiger partial charge in [-0.05, 0) is 22.6 Å². The molecule has 0 unspecified atom stereocenters. The average molecular weight is 360 g/mol. The van der Waals surface area contributed by atoms with E-state index in [2.05, 4.69) is 9.72 Å². The molecule has 0 aliphatic rings. The molecule has 0 bridgehead atoms. The normalized spacial score (nSPS) is 11.1. The quantitative estimate of drug-likeness (QED) is 0.473. The van der Waals surface area contributed by atoms with Crippen LogP contribution in [-0.4, -0.2) is 11.3 Å². The van der Waals surface area contributed by atoms with Gasteiger partial charge in [-0.3, -0.25) is 0 Å². The first-order valence-electron chi connectivity index (χ1n) is 4.24. The summed E-state index contributed by atoms with van der Waals surface area (Å²) in [5, 5.41) is 8.48. The first-order chi connectivity index (χ1) is 7.87. The second-order valence-electron chi connectivity index (χ2n) is 2.88. The van der Waals surface area contributed by atoms with Crippen molar-refractivity contribution in [3.63, 3.8) is 0 Å². The number of hydrogen-bond acceptors (Lipinski definition) is 3. The van der Waals surface area contributed by atoms with Crippen molar-refractivity contribution in [2.24, 2.45) is 0 Å². The van der Waals surface area contributed by atoms with Crippen molar-refractivity contribution in [1.82, 2.24) is 4.98 Å². The first-order valence-corrected chi connectivity index (χ1v) is 5.32. The number of nitrogens with zero attached hydrogens (tertiary/aromatic N) is 2. The van der Waals surface area contributed by atoms with Crippen LogP contribution in [0.4, 0.5) is 17.6 Å². The van der Waals surface area contributed by atoms with E-state index in [-0.39, 0.29) is 21.4 Å². The van der Waals surface area contributed by atoms with Gasteiger partial charge in [0.15, 0.2) is 0 Å². The lowest BCUT2D eigenvalue weighted by Crippen LogP contribution is -2.19. The number of ether oxygens (including phenoxy) is 1. The van der Waals surface area contributed by atoms with Gasteiger partial charge < -0.3 is 4.74 Å². The highest BCUT2D eigenvalue weighted by molar-refractivity contribution is 14.1. The summed E-state index contributed by atoms with van der Waals surface area (Å²) in [5.74, 6) is -0.648. The Balaban J connectivity index is 3.24. The molecule has 0 radical (unpaired) electrons. The summed E-state index contributed by atoms with van der Waals surface area (Å²) < 4.78 is 52.8. The zero-order valence-electron chi connectivity index (χ0n) is 8.18.